The van der Waals surface area contributed by atoms with Gasteiger partial charge in [-0.05, 0) is 62.9 Å². The van der Waals surface area contributed by atoms with Gasteiger partial charge in [-0.15, -0.1) is 0 Å². The quantitative estimate of drug-likeness (QED) is 0.319. The predicted molar refractivity (Wildman–Crippen MR) is 158 cm³/mol. The SMILES string of the molecule is Cc1ncc(C(C)C)c(-n2c(=O)nc(N3C[C@@H](C)N(C(=O)O)C[C@@H]3C)c3cc(Cl)c(-c4ccccc4F)nc32)c1C. The number of carboxylic acid groups (broad SMARTS) is 1. The minimum atomic E-state index is -0.999. The third-order valence-electron chi connectivity index (χ3n) is 7.85. The zero-order chi connectivity index (χ0) is 29.7. The topological polar surface area (TPSA) is 104 Å². The summed E-state index contributed by atoms with van der Waals surface area (Å²) >= 11 is 6.77. The van der Waals surface area contributed by atoms with Crippen molar-refractivity contribution in [2.75, 3.05) is 18.0 Å². The zero-order valence-corrected chi connectivity index (χ0v) is 24.6. The Morgan fingerprint density at radius 3 is 2.49 bits per heavy atom. The Kier molecular flexibility index (Phi) is 7.46. The van der Waals surface area contributed by atoms with Crippen LogP contribution in [0.1, 0.15) is 50.4 Å². The number of piperazine rings is 1. The lowest BCUT2D eigenvalue weighted by Crippen LogP contribution is -2.58. The molecule has 4 heterocycles. The lowest BCUT2D eigenvalue weighted by molar-refractivity contribution is 0.114. The number of anilines is 1. The van der Waals surface area contributed by atoms with Crippen molar-refractivity contribution in [3.8, 4) is 16.9 Å². The number of halogens is 2. The molecule has 1 saturated heterocycles. The molecular formula is C30H32ClFN6O3. The van der Waals surface area contributed by atoms with Gasteiger partial charge in [-0.1, -0.05) is 37.6 Å². The summed E-state index contributed by atoms with van der Waals surface area (Å²) in [6, 6.07) is 7.25. The van der Waals surface area contributed by atoms with Crippen LogP contribution in [0.2, 0.25) is 5.02 Å². The Morgan fingerprint density at radius 1 is 1.12 bits per heavy atom. The van der Waals surface area contributed by atoms with Crippen LogP contribution in [-0.4, -0.2) is 60.8 Å². The van der Waals surface area contributed by atoms with E-state index in [-0.39, 0.29) is 46.5 Å². The Balaban J connectivity index is 1.87. The van der Waals surface area contributed by atoms with Crippen molar-refractivity contribution in [3.63, 3.8) is 0 Å². The molecule has 1 N–H and O–H groups in total. The van der Waals surface area contributed by atoms with E-state index < -0.39 is 17.6 Å². The van der Waals surface area contributed by atoms with E-state index >= 15 is 0 Å². The third-order valence-corrected chi connectivity index (χ3v) is 8.14. The van der Waals surface area contributed by atoms with E-state index in [2.05, 4.69) is 9.97 Å². The number of hydrogen-bond donors (Lipinski definition) is 1. The van der Waals surface area contributed by atoms with Crippen molar-refractivity contribution < 1.29 is 14.3 Å². The van der Waals surface area contributed by atoms with Crippen LogP contribution in [0.3, 0.4) is 0 Å². The first-order chi connectivity index (χ1) is 19.4. The molecule has 2 atom stereocenters. The molecule has 3 aromatic heterocycles. The highest BCUT2D eigenvalue weighted by atomic mass is 35.5. The molecule has 0 bridgehead atoms. The first-order valence-electron chi connectivity index (χ1n) is 13.5. The van der Waals surface area contributed by atoms with Crippen molar-refractivity contribution in [2.45, 2.75) is 59.5 Å². The van der Waals surface area contributed by atoms with Gasteiger partial charge in [-0.25, -0.2) is 23.5 Å². The molecule has 0 radical (unpaired) electrons. The van der Waals surface area contributed by atoms with Gasteiger partial charge in [0.25, 0.3) is 0 Å². The van der Waals surface area contributed by atoms with Gasteiger partial charge in [0, 0.05) is 42.6 Å². The molecule has 1 fully saturated rings. The number of hydrogen-bond acceptors (Lipinski definition) is 6. The van der Waals surface area contributed by atoms with Crippen LogP contribution in [0.4, 0.5) is 15.0 Å². The Labute approximate surface area is 242 Å². The highest BCUT2D eigenvalue weighted by molar-refractivity contribution is 6.33. The molecule has 0 unspecified atom stereocenters. The number of aryl methyl sites for hydroxylation is 1. The first kappa shape index (κ1) is 28.5. The summed E-state index contributed by atoms with van der Waals surface area (Å²) in [6.45, 7) is 12.1. The zero-order valence-electron chi connectivity index (χ0n) is 23.8. The van der Waals surface area contributed by atoms with Crippen molar-refractivity contribution in [3.05, 3.63) is 74.7 Å². The van der Waals surface area contributed by atoms with Gasteiger partial charge in [-0.2, -0.15) is 4.98 Å². The minimum absolute atomic E-state index is 0.0294. The summed E-state index contributed by atoms with van der Waals surface area (Å²) in [7, 11) is 0. The van der Waals surface area contributed by atoms with Crippen LogP contribution < -0.4 is 10.6 Å². The number of aromatic nitrogens is 4. The second-order valence-electron chi connectivity index (χ2n) is 10.9. The molecule has 5 rings (SSSR count). The van der Waals surface area contributed by atoms with Crippen LogP contribution >= 0.6 is 11.6 Å². The fourth-order valence-electron chi connectivity index (χ4n) is 5.49. The molecule has 1 amide bonds. The first-order valence-corrected chi connectivity index (χ1v) is 13.9. The average molecular weight is 579 g/mol. The minimum Gasteiger partial charge on any atom is -0.465 e. The van der Waals surface area contributed by atoms with Gasteiger partial charge < -0.3 is 14.9 Å². The predicted octanol–water partition coefficient (Wildman–Crippen LogP) is 5.95. The van der Waals surface area contributed by atoms with Crippen LogP contribution in [-0.2, 0) is 0 Å². The van der Waals surface area contributed by atoms with Crippen LogP contribution in [0.5, 0.6) is 0 Å². The fraction of sp³-hybridized carbons (Fsp3) is 0.367. The maximum absolute atomic E-state index is 15.0. The van der Waals surface area contributed by atoms with E-state index in [1.165, 1.54) is 15.5 Å². The van der Waals surface area contributed by atoms with Crippen molar-refractivity contribution in [1.29, 1.82) is 0 Å². The molecule has 1 aliphatic rings. The van der Waals surface area contributed by atoms with Gasteiger partial charge in [0.2, 0.25) is 0 Å². The van der Waals surface area contributed by atoms with Crippen LogP contribution in [0, 0.1) is 19.7 Å². The Bertz CT molecular complexity index is 1740. The number of nitrogens with zero attached hydrogens (tertiary/aromatic N) is 6. The molecule has 0 spiro atoms. The van der Waals surface area contributed by atoms with Gasteiger partial charge >= 0.3 is 11.8 Å². The van der Waals surface area contributed by atoms with Gasteiger partial charge in [0.1, 0.15) is 11.6 Å². The molecule has 1 aromatic carbocycles. The number of rotatable bonds is 4. The van der Waals surface area contributed by atoms with Crippen molar-refractivity contribution >= 4 is 34.5 Å². The van der Waals surface area contributed by atoms with Gasteiger partial charge in [0.05, 0.1) is 21.8 Å². The second kappa shape index (κ2) is 10.7. The lowest BCUT2D eigenvalue weighted by atomic mass is 9.99. The monoisotopic (exact) mass is 578 g/mol. The Hall–Kier alpha value is -4.05. The number of benzene rings is 1. The molecule has 11 heteroatoms. The smallest absolute Gasteiger partial charge is 0.407 e. The summed E-state index contributed by atoms with van der Waals surface area (Å²) in [5, 5.41) is 10.4. The van der Waals surface area contributed by atoms with E-state index in [0.29, 0.717) is 23.4 Å². The molecular weight excluding hydrogens is 547 g/mol. The highest BCUT2D eigenvalue weighted by Crippen LogP contribution is 2.37. The van der Waals surface area contributed by atoms with E-state index in [9.17, 15) is 19.1 Å². The molecule has 41 heavy (non-hydrogen) atoms. The van der Waals surface area contributed by atoms with Crippen molar-refractivity contribution in [2.24, 2.45) is 0 Å². The maximum atomic E-state index is 15.0. The Morgan fingerprint density at radius 2 is 1.83 bits per heavy atom. The number of amides is 1. The number of carbonyl (C=O) groups is 1. The fourth-order valence-corrected chi connectivity index (χ4v) is 5.74. The maximum Gasteiger partial charge on any atom is 0.407 e. The molecule has 214 valence electrons. The normalized spacial score (nSPS) is 17.5. The summed E-state index contributed by atoms with van der Waals surface area (Å²) in [6.07, 6.45) is 0.762. The molecule has 1 aliphatic heterocycles. The van der Waals surface area contributed by atoms with Crippen LogP contribution in [0.25, 0.3) is 28.0 Å². The summed E-state index contributed by atoms with van der Waals surface area (Å²) < 4.78 is 16.4. The number of pyridine rings is 2. The molecule has 9 nitrogen and oxygen atoms in total. The van der Waals surface area contributed by atoms with E-state index in [0.717, 1.165) is 16.8 Å². The third kappa shape index (κ3) is 4.90. The standard InChI is InChI=1S/C30H32ClFN6O3/c1-15(2)22-12-33-19(6)18(5)26(22)38-28-21(11-23(31)25(34-28)20-9-7-8-10-24(20)32)27(35-29(38)39)36-13-17(4)37(30(40)41)14-16(36)3/h7-12,15-17H,13-14H2,1-6H3,(H,40,41)/t16-,17+/m0/s1. The summed E-state index contributed by atoms with van der Waals surface area (Å²) in [5.41, 5.74) is 3.16. The summed E-state index contributed by atoms with van der Waals surface area (Å²) in [4.78, 5) is 43.1. The van der Waals surface area contributed by atoms with Gasteiger partial charge in [0.15, 0.2) is 5.65 Å². The molecule has 0 saturated carbocycles. The van der Waals surface area contributed by atoms with E-state index in [1.807, 2.05) is 46.4 Å². The van der Waals surface area contributed by atoms with E-state index in [1.54, 1.807) is 30.5 Å². The second-order valence-corrected chi connectivity index (χ2v) is 11.3. The van der Waals surface area contributed by atoms with E-state index in [4.69, 9.17) is 16.6 Å². The largest absolute Gasteiger partial charge is 0.465 e. The van der Waals surface area contributed by atoms with Crippen molar-refractivity contribution in [1.82, 2.24) is 24.4 Å². The molecule has 0 aliphatic carbocycles. The van der Waals surface area contributed by atoms with Gasteiger partial charge in [-0.3, -0.25) is 4.98 Å². The average Bonchev–Trinajstić information content (AvgIpc) is 2.91. The van der Waals surface area contributed by atoms with Crippen LogP contribution in [0.15, 0.2) is 41.3 Å². The molecule has 4 aromatic rings. The highest BCUT2D eigenvalue weighted by Gasteiger charge is 2.34. The lowest BCUT2D eigenvalue weighted by Gasteiger charge is -2.43. The number of fused-ring (bicyclic) bond motifs is 1. The summed E-state index contributed by atoms with van der Waals surface area (Å²) in [5.74, 6) is -0.105.